The standard InChI is InChI=1S/C15H20FN5/c1-19-10-12(9-18-19)11-20-4-6-21(7-5-20)15-3-2-13(17)8-14(15)16/h2-3,8-10H,4-7,11,17H2,1H3. The highest BCUT2D eigenvalue weighted by Crippen LogP contribution is 2.23. The van der Waals surface area contributed by atoms with E-state index in [9.17, 15) is 4.39 Å². The molecule has 112 valence electrons. The van der Waals surface area contributed by atoms with Gasteiger partial charge in [-0.1, -0.05) is 0 Å². The van der Waals surface area contributed by atoms with Crippen molar-refractivity contribution < 1.29 is 4.39 Å². The number of hydrogen-bond acceptors (Lipinski definition) is 4. The molecule has 1 aromatic carbocycles. The lowest BCUT2D eigenvalue weighted by molar-refractivity contribution is 0.249. The van der Waals surface area contributed by atoms with Gasteiger partial charge >= 0.3 is 0 Å². The van der Waals surface area contributed by atoms with Crippen LogP contribution in [0.2, 0.25) is 0 Å². The Morgan fingerprint density at radius 3 is 2.62 bits per heavy atom. The molecule has 1 saturated heterocycles. The van der Waals surface area contributed by atoms with Gasteiger partial charge < -0.3 is 10.6 Å². The Morgan fingerprint density at radius 1 is 1.24 bits per heavy atom. The first-order valence-corrected chi connectivity index (χ1v) is 7.11. The molecule has 1 aliphatic heterocycles. The summed E-state index contributed by atoms with van der Waals surface area (Å²) in [6, 6.07) is 4.90. The molecule has 0 aliphatic carbocycles. The maximum atomic E-state index is 13.9. The maximum Gasteiger partial charge on any atom is 0.148 e. The van der Waals surface area contributed by atoms with E-state index in [-0.39, 0.29) is 5.82 Å². The van der Waals surface area contributed by atoms with Crippen molar-refractivity contribution in [3.8, 4) is 0 Å². The van der Waals surface area contributed by atoms with E-state index in [0.717, 1.165) is 32.7 Å². The molecule has 1 fully saturated rings. The van der Waals surface area contributed by atoms with Gasteiger partial charge in [-0.2, -0.15) is 5.10 Å². The number of nitrogens with zero attached hydrogens (tertiary/aromatic N) is 4. The fourth-order valence-corrected chi connectivity index (χ4v) is 2.74. The highest BCUT2D eigenvalue weighted by Gasteiger charge is 2.19. The number of anilines is 2. The number of aryl methyl sites for hydroxylation is 1. The summed E-state index contributed by atoms with van der Waals surface area (Å²) in [4.78, 5) is 4.44. The molecular formula is C15H20FN5. The highest BCUT2D eigenvalue weighted by molar-refractivity contribution is 5.54. The van der Waals surface area contributed by atoms with Crippen LogP contribution in [0.1, 0.15) is 5.56 Å². The predicted octanol–water partition coefficient (Wildman–Crippen LogP) is 1.46. The van der Waals surface area contributed by atoms with Crippen LogP contribution in [0.15, 0.2) is 30.6 Å². The van der Waals surface area contributed by atoms with Crippen molar-refractivity contribution in [1.29, 1.82) is 0 Å². The Bertz CT molecular complexity index is 616. The van der Waals surface area contributed by atoms with Crippen LogP contribution in [-0.2, 0) is 13.6 Å². The zero-order valence-electron chi connectivity index (χ0n) is 12.2. The second kappa shape index (κ2) is 5.73. The Morgan fingerprint density at radius 2 is 2.00 bits per heavy atom. The largest absolute Gasteiger partial charge is 0.399 e. The van der Waals surface area contributed by atoms with E-state index in [1.807, 2.05) is 24.1 Å². The predicted molar refractivity (Wildman–Crippen MR) is 81.5 cm³/mol. The average molecular weight is 289 g/mol. The van der Waals surface area contributed by atoms with Crippen LogP contribution in [0.4, 0.5) is 15.8 Å². The van der Waals surface area contributed by atoms with Gasteiger partial charge in [0.05, 0.1) is 11.9 Å². The summed E-state index contributed by atoms with van der Waals surface area (Å²) in [6.45, 7) is 4.37. The van der Waals surface area contributed by atoms with Gasteiger partial charge in [0.15, 0.2) is 0 Å². The Hall–Kier alpha value is -2.08. The molecule has 21 heavy (non-hydrogen) atoms. The summed E-state index contributed by atoms with van der Waals surface area (Å²) in [5.41, 5.74) is 7.91. The molecule has 2 aromatic rings. The first-order chi connectivity index (χ1) is 10.1. The molecule has 0 unspecified atom stereocenters. The molecule has 2 heterocycles. The first-order valence-electron chi connectivity index (χ1n) is 7.11. The van der Waals surface area contributed by atoms with Crippen molar-refractivity contribution in [3.63, 3.8) is 0 Å². The van der Waals surface area contributed by atoms with Crippen LogP contribution in [0.25, 0.3) is 0 Å². The van der Waals surface area contributed by atoms with Crippen LogP contribution in [0, 0.1) is 5.82 Å². The minimum absolute atomic E-state index is 0.240. The third-order valence-electron chi connectivity index (χ3n) is 3.85. The van der Waals surface area contributed by atoms with E-state index >= 15 is 0 Å². The van der Waals surface area contributed by atoms with Crippen molar-refractivity contribution in [2.75, 3.05) is 36.8 Å². The van der Waals surface area contributed by atoms with Gasteiger partial charge in [-0.3, -0.25) is 9.58 Å². The van der Waals surface area contributed by atoms with Crippen LogP contribution < -0.4 is 10.6 Å². The molecule has 0 bridgehead atoms. The average Bonchev–Trinajstić information content (AvgIpc) is 2.85. The number of halogens is 1. The maximum absolute atomic E-state index is 13.9. The van der Waals surface area contributed by atoms with Gasteiger partial charge in [0.25, 0.3) is 0 Å². The van der Waals surface area contributed by atoms with E-state index in [2.05, 4.69) is 14.9 Å². The summed E-state index contributed by atoms with van der Waals surface area (Å²) in [5.74, 6) is -0.240. The van der Waals surface area contributed by atoms with E-state index in [4.69, 9.17) is 5.73 Å². The Labute approximate surface area is 123 Å². The molecule has 0 saturated carbocycles. The minimum atomic E-state index is -0.240. The molecular weight excluding hydrogens is 269 g/mol. The lowest BCUT2D eigenvalue weighted by Gasteiger charge is -2.36. The second-order valence-corrected chi connectivity index (χ2v) is 5.50. The van der Waals surface area contributed by atoms with Gasteiger partial charge in [0.1, 0.15) is 5.82 Å². The lowest BCUT2D eigenvalue weighted by Crippen LogP contribution is -2.46. The second-order valence-electron chi connectivity index (χ2n) is 5.50. The Balaban J connectivity index is 1.59. The lowest BCUT2D eigenvalue weighted by atomic mass is 10.2. The van der Waals surface area contributed by atoms with Crippen molar-refractivity contribution in [1.82, 2.24) is 14.7 Å². The van der Waals surface area contributed by atoms with Gasteiger partial charge in [0, 0.05) is 57.2 Å². The third kappa shape index (κ3) is 3.16. The van der Waals surface area contributed by atoms with Crippen LogP contribution >= 0.6 is 0 Å². The molecule has 6 heteroatoms. The molecule has 2 N–H and O–H groups in total. The van der Waals surface area contributed by atoms with Crippen LogP contribution in [-0.4, -0.2) is 40.9 Å². The van der Waals surface area contributed by atoms with Crippen molar-refractivity contribution in [2.24, 2.45) is 7.05 Å². The summed E-state index contributed by atoms with van der Waals surface area (Å²) in [6.07, 6.45) is 3.93. The number of benzene rings is 1. The summed E-state index contributed by atoms with van der Waals surface area (Å²) < 4.78 is 15.8. The fourth-order valence-electron chi connectivity index (χ4n) is 2.74. The summed E-state index contributed by atoms with van der Waals surface area (Å²) in [5, 5.41) is 4.18. The van der Waals surface area contributed by atoms with E-state index < -0.39 is 0 Å². The number of aromatic nitrogens is 2. The quantitative estimate of drug-likeness (QED) is 0.869. The van der Waals surface area contributed by atoms with Gasteiger partial charge in [0.2, 0.25) is 0 Å². The molecule has 0 amide bonds. The normalized spacial score (nSPS) is 16.4. The van der Waals surface area contributed by atoms with Crippen molar-refractivity contribution >= 4 is 11.4 Å². The summed E-state index contributed by atoms with van der Waals surface area (Å²) in [7, 11) is 1.92. The van der Waals surface area contributed by atoms with Crippen LogP contribution in [0.3, 0.4) is 0 Å². The molecule has 0 radical (unpaired) electrons. The topological polar surface area (TPSA) is 50.3 Å². The minimum Gasteiger partial charge on any atom is -0.399 e. The monoisotopic (exact) mass is 289 g/mol. The molecule has 1 aliphatic rings. The van der Waals surface area contributed by atoms with Gasteiger partial charge in [-0.05, 0) is 18.2 Å². The van der Waals surface area contributed by atoms with E-state index in [1.165, 1.54) is 11.6 Å². The molecule has 1 aromatic heterocycles. The van der Waals surface area contributed by atoms with E-state index in [1.54, 1.807) is 12.1 Å². The number of nitrogens with two attached hydrogens (primary N) is 1. The molecule has 0 spiro atoms. The first kappa shape index (κ1) is 13.9. The fraction of sp³-hybridized carbons (Fsp3) is 0.400. The van der Waals surface area contributed by atoms with Gasteiger partial charge in [-0.25, -0.2) is 4.39 Å². The van der Waals surface area contributed by atoms with E-state index in [0.29, 0.717) is 11.4 Å². The zero-order chi connectivity index (χ0) is 14.8. The highest BCUT2D eigenvalue weighted by atomic mass is 19.1. The smallest absolute Gasteiger partial charge is 0.148 e. The number of rotatable bonds is 3. The Kier molecular flexibility index (Phi) is 3.79. The molecule has 3 rings (SSSR count). The molecule has 0 atom stereocenters. The number of nitrogen functional groups attached to an aromatic ring is 1. The number of piperazine rings is 1. The summed E-state index contributed by atoms with van der Waals surface area (Å²) >= 11 is 0. The zero-order valence-corrected chi connectivity index (χ0v) is 12.2. The van der Waals surface area contributed by atoms with Crippen molar-refractivity contribution in [2.45, 2.75) is 6.54 Å². The molecule has 5 nitrogen and oxygen atoms in total. The number of hydrogen-bond donors (Lipinski definition) is 1. The van der Waals surface area contributed by atoms with Gasteiger partial charge in [-0.15, -0.1) is 0 Å². The SMILES string of the molecule is Cn1cc(CN2CCN(c3ccc(N)cc3F)CC2)cn1. The third-order valence-corrected chi connectivity index (χ3v) is 3.85. The van der Waals surface area contributed by atoms with Crippen LogP contribution in [0.5, 0.6) is 0 Å². The van der Waals surface area contributed by atoms with Crippen molar-refractivity contribution in [3.05, 3.63) is 42.0 Å².